The number of rotatable bonds is 5. The van der Waals surface area contributed by atoms with Gasteiger partial charge in [-0.25, -0.2) is 4.79 Å². The van der Waals surface area contributed by atoms with Gasteiger partial charge in [0.05, 0.1) is 5.57 Å². The number of aryl methyl sites for hydroxylation is 1. The van der Waals surface area contributed by atoms with E-state index in [-0.39, 0.29) is 34.6 Å². The zero-order chi connectivity index (χ0) is 23.6. The highest BCUT2D eigenvalue weighted by atomic mass is 16.6. The lowest BCUT2D eigenvalue weighted by Crippen LogP contribution is -2.50. The molecule has 1 aromatic carbocycles. The first-order chi connectivity index (χ1) is 15.0. The lowest BCUT2D eigenvalue weighted by Gasteiger charge is -2.31. The van der Waals surface area contributed by atoms with Crippen molar-refractivity contribution in [2.75, 3.05) is 6.61 Å². The van der Waals surface area contributed by atoms with Gasteiger partial charge in [0.2, 0.25) is 17.2 Å². The maximum Gasteiger partial charge on any atom is 0.343 e. The summed E-state index contributed by atoms with van der Waals surface area (Å²) >= 11 is 0. The van der Waals surface area contributed by atoms with E-state index in [4.69, 9.17) is 14.2 Å². The third-order valence-corrected chi connectivity index (χ3v) is 4.82. The largest absolute Gasteiger partial charge is 0.508 e. The third-order valence-electron chi connectivity index (χ3n) is 4.82. The number of allylic oxidation sites excluding steroid dienone is 3. The molecule has 0 saturated heterocycles. The second kappa shape index (κ2) is 8.54. The molecular weight excluding hydrogens is 420 g/mol. The van der Waals surface area contributed by atoms with Gasteiger partial charge in [0.25, 0.3) is 0 Å². The van der Waals surface area contributed by atoms with E-state index >= 15 is 0 Å². The predicted molar refractivity (Wildman–Crippen MR) is 109 cm³/mol. The maximum absolute atomic E-state index is 13.0. The Labute approximate surface area is 182 Å². The van der Waals surface area contributed by atoms with Gasteiger partial charge in [-0.2, -0.15) is 0 Å². The van der Waals surface area contributed by atoms with E-state index < -0.39 is 34.9 Å². The summed E-state index contributed by atoms with van der Waals surface area (Å²) in [5, 5.41) is 19.5. The molecule has 166 valence electrons. The summed E-state index contributed by atoms with van der Waals surface area (Å²) in [5.41, 5.74) is -1.92. The van der Waals surface area contributed by atoms with E-state index in [0.717, 1.165) is 25.3 Å². The van der Waals surface area contributed by atoms with Crippen LogP contribution >= 0.6 is 0 Å². The summed E-state index contributed by atoms with van der Waals surface area (Å²) in [5.74, 6) is -3.58. The highest BCUT2D eigenvalue weighted by molar-refractivity contribution is 6.26. The smallest absolute Gasteiger partial charge is 0.343 e. The fourth-order valence-electron chi connectivity index (χ4n) is 3.18. The molecule has 0 saturated carbocycles. The first-order valence-corrected chi connectivity index (χ1v) is 9.48. The highest BCUT2D eigenvalue weighted by Gasteiger charge is 2.49. The number of phenols is 2. The van der Waals surface area contributed by atoms with Crippen LogP contribution in [-0.4, -0.2) is 45.9 Å². The van der Waals surface area contributed by atoms with Crippen molar-refractivity contribution in [3.63, 3.8) is 0 Å². The van der Waals surface area contributed by atoms with Gasteiger partial charge in [-0.15, -0.1) is 0 Å². The molecule has 2 N–H and O–H groups in total. The second-order valence-electron chi connectivity index (χ2n) is 7.27. The van der Waals surface area contributed by atoms with Crippen molar-refractivity contribution in [2.45, 2.75) is 26.4 Å². The normalized spacial score (nSPS) is 20.0. The van der Waals surface area contributed by atoms with Crippen LogP contribution in [0, 0.1) is 6.92 Å². The van der Waals surface area contributed by atoms with Gasteiger partial charge in [0.15, 0.2) is 0 Å². The third kappa shape index (κ3) is 4.31. The Kier molecular flexibility index (Phi) is 6.02. The predicted octanol–water partition coefficient (Wildman–Crippen LogP) is 2.32. The van der Waals surface area contributed by atoms with Crippen LogP contribution in [0.4, 0.5) is 0 Å². The van der Waals surface area contributed by atoms with Crippen LogP contribution in [-0.2, 0) is 28.6 Å². The molecule has 1 aromatic rings. The number of phenolic OH excluding ortho intramolecular Hbond substituents is 2. The minimum Gasteiger partial charge on any atom is -0.508 e. The van der Waals surface area contributed by atoms with Crippen molar-refractivity contribution in [1.82, 2.24) is 0 Å². The van der Waals surface area contributed by atoms with Gasteiger partial charge in [0.1, 0.15) is 35.7 Å². The number of Topliss-reactive ketones (excluding diaryl/α,β-unsaturated/α-hetero) is 1. The molecule has 1 heterocycles. The quantitative estimate of drug-likeness (QED) is 0.522. The van der Waals surface area contributed by atoms with E-state index in [0.29, 0.717) is 5.76 Å². The molecule has 0 amide bonds. The zero-order valence-corrected chi connectivity index (χ0v) is 17.5. The van der Waals surface area contributed by atoms with Crippen LogP contribution in [0.15, 0.2) is 59.6 Å². The average molecular weight is 440 g/mol. The summed E-state index contributed by atoms with van der Waals surface area (Å²) < 4.78 is 15.4. The number of benzene rings is 1. The van der Waals surface area contributed by atoms with Crippen LogP contribution in [0.25, 0.3) is 0 Å². The number of hydrogen-bond donors (Lipinski definition) is 2. The monoisotopic (exact) mass is 440 g/mol. The van der Waals surface area contributed by atoms with Crippen LogP contribution in [0.1, 0.15) is 29.8 Å². The number of esters is 2. The average Bonchev–Trinajstić information content (AvgIpc) is 2.69. The van der Waals surface area contributed by atoms with Crippen molar-refractivity contribution < 1.29 is 43.6 Å². The molecule has 0 bridgehead atoms. The number of carbonyl (C=O) groups is 4. The minimum absolute atomic E-state index is 0.0288. The second-order valence-corrected chi connectivity index (χ2v) is 7.27. The number of aromatic hydroxyl groups is 2. The summed E-state index contributed by atoms with van der Waals surface area (Å²) in [7, 11) is 0. The highest BCUT2D eigenvalue weighted by Crippen LogP contribution is 2.35. The van der Waals surface area contributed by atoms with Crippen LogP contribution in [0.2, 0.25) is 0 Å². The van der Waals surface area contributed by atoms with Crippen molar-refractivity contribution >= 4 is 23.5 Å². The maximum atomic E-state index is 13.0. The van der Waals surface area contributed by atoms with Crippen molar-refractivity contribution in [3.8, 4) is 11.5 Å². The summed E-state index contributed by atoms with van der Waals surface area (Å²) in [4.78, 5) is 49.2. The topological polar surface area (TPSA) is 136 Å². The first kappa shape index (κ1) is 22.5. The minimum atomic E-state index is -2.16. The molecule has 1 aliphatic carbocycles. The van der Waals surface area contributed by atoms with Crippen LogP contribution in [0.5, 0.6) is 11.5 Å². The number of fused-ring (bicyclic) bond motifs is 1. The fraction of sp³-hybridized carbons (Fsp3) is 0.217. The molecule has 0 spiro atoms. The van der Waals surface area contributed by atoms with Gasteiger partial charge < -0.3 is 24.4 Å². The molecule has 32 heavy (non-hydrogen) atoms. The standard InChI is InChI=1S/C23H20O9/c1-12-7-15(25)10-18(26)20(12)22(29)32-23(3)19(27)9-14-8-16(5-4-6-30-13(2)24)31-11-17(14)21(23)28/h4-5,7-11,25-26H,6H2,1-3H3/t23-/m0/s1. The molecule has 0 aromatic heterocycles. The lowest BCUT2D eigenvalue weighted by molar-refractivity contribution is -0.145. The molecule has 1 aliphatic heterocycles. The fourth-order valence-corrected chi connectivity index (χ4v) is 3.18. The van der Waals surface area contributed by atoms with Gasteiger partial charge in [-0.3, -0.25) is 14.4 Å². The Balaban J connectivity index is 1.84. The summed E-state index contributed by atoms with van der Waals surface area (Å²) in [6, 6.07) is 2.19. The Bertz CT molecular complexity index is 1130. The van der Waals surface area contributed by atoms with E-state index in [2.05, 4.69) is 0 Å². The SMILES string of the molecule is CC(=O)OCC=CC1=CC2=CC(=O)[C@](C)(OC(=O)c3c(C)cc(O)cc3O)C(=O)C2=CO1. The Morgan fingerprint density at radius 2 is 1.91 bits per heavy atom. The molecule has 3 rings (SSSR count). The van der Waals surface area contributed by atoms with E-state index in [1.165, 1.54) is 38.1 Å². The summed E-state index contributed by atoms with van der Waals surface area (Å²) in [6.07, 6.45) is 6.79. The Morgan fingerprint density at radius 3 is 2.56 bits per heavy atom. The Morgan fingerprint density at radius 1 is 1.19 bits per heavy atom. The number of ketones is 2. The molecule has 0 fully saturated rings. The molecule has 2 aliphatic rings. The molecule has 9 nitrogen and oxygen atoms in total. The summed E-state index contributed by atoms with van der Waals surface area (Å²) in [6.45, 7) is 3.92. The van der Waals surface area contributed by atoms with Gasteiger partial charge >= 0.3 is 11.9 Å². The van der Waals surface area contributed by atoms with Crippen molar-refractivity contribution in [3.05, 3.63) is 70.7 Å². The molecule has 9 heteroatoms. The van der Waals surface area contributed by atoms with Crippen LogP contribution in [0.3, 0.4) is 0 Å². The van der Waals surface area contributed by atoms with E-state index in [9.17, 15) is 29.4 Å². The lowest BCUT2D eigenvalue weighted by atomic mass is 9.80. The molecule has 1 atom stereocenters. The first-order valence-electron chi connectivity index (χ1n) is 9.48. The Hall–Kier alpha value is -4.14. The van der Waals surface area contributed by atoms with Gasteiger partial charge in [-0.05, 0) is 55.4 Å². The van der Waals surface area contributed by atoms with E-state index in [1.807, 2.05) is 0 Å². The van der Waals surface area contributed by atoms with Gasteiger partial charge in [0, 0.05) is 13.0 Å². The van der Waals surface area contributed by atoms with Crippen LogP contribution < -0.4 is 0 Å². The van der Waals surface area contributed by atoms with E-state index in [1.54, 1.807) is 0 Å². The molecule has 0 unspecified atom stereocenters. The number of hydrogen-bond acceptors (Lipinski definition) is 9. The zero-order valence-electron chi connectivity index (χ0n) is 17.5. The number of carbonyl (C=O) groups excluding carboxylic acids is 4. The van der Waals surface area contributed by atoms with Gasteiger partial charge in [-0.1, -0.05) is 0 Å². The van der Waals surface area contributed by atoms with Crippen molar-refractivity contribution in [1.29, 1.82) is 0 Å². The number of ether oxygens (including phenoxy) is 3. The van der Waals surface area contributed by atoms with Crippen molar-refractivity contribution in [2.24, 2.45) is 0 Å². The molecule has 0 radical (unpaired) electrons. The molecular formula is C23H20O9.